The number of nitrogens with zero attached hydrogens (tertiary/aromatic N) is 1. The van der Waals surface area contributed by atoms with Gasteiger partial charge in [-0.2, -0.15) is 0 Å². The molecule has 0 saturated carbocycles. The van der Waals surface area contributed by atoms with Crippen LogP contribution < -0.4 is 0 Å². The molecule has 0 fully saturated rings. The molecule has 0 aliphatic carbocycles. The van der Waals surface area contributed by atoms with Crippen molar-refractivity contribution >= 4 is 6.09 Å². The largest absolute Gasteiger partial charge is 0.445 e. The maximum atomic E-state index is 11.7. The number of ether oxygens (including phenoxy) is 1. The summed E-state index contributed by atoms with van der Waals surface area (Å²) in [6.07, 6.45) is 5.97. The van der Waals surface area contributed by atoms with Crippen molar-refractivity contribution in [2.24, 2.45) is 0 Å². The van der Waals surface area contributed by atoms with Gasteiger partial charge in [-0.1, -0.05) is 42.8 Å². The van der Waals surface area contributed by atoms with Gasteiger partial charge < -0.3 is 9.64 Å². The summed E-state index contributed by atoms with van der Waals surface area (Å²) in [5.74, 6) is 0. The molecule has 1 amide bonds. The van der Waals surface area contributed by atoms with Crippen LogP contribution in [0.3, 0.4) is 0 Å². The predicted octanol–water partition coefficient (Wildman–Crippen LogP) is 4.00. The summed E-state index contributed by atoms with van der Waals surface area (Å²) in [4.78, 5) is 13.4. The van der Waals surface area contributed by atoms with Crippen LogP contribution in [0.5, 0.6) is 0 Å². The number of hydrogen-bond donors (Lipinski definition) is 0. The molecular formula is C16H23NO2. The molecule has 0 unspecified atom stereocenters. The summed E-state index contributed by atoms with van der Waals surface area (Å²) in [5, 5.41) is 0. The smallest absolute Gasteiger partial charge is 0.409 e. The SMILES string of the molecule is C=CCCCCCN(C)C(=O)OCc1ccccc1. The summed E-state index contributed by atoms with van der Waals surface area (Å²) >= 11 is 0. The van der Waals surface area contributed by atoms with Crippen molar-refractivity contribution in [3.8, 4) is 0 Å². The summed E-state index contributed by atoms with van der Waals surface area (Å²) in [7, 11) is 1.78. The quantitative estimate of drug-likeness (QED) is 0.523. The fourth-order valence-electron chi connectivity index (χ4n) is 1.74. The van der Waals surface area contributed by atoms with E-state index >= 15 is 0 Å². The molecule has 1 aromatic carbocycles. The van der Waals surface area contributed by atoms with Crippen LogP contribution in [0.25, 0.3) is 0 Å². The number of unbranched alkanes of at least 4 members (excludes halogenated alkanes) is 3. The zero-order chi connectivity index (χ0) is 13.9. The minimum atomic E-state index is -0.257. The van der Waals surface area contributed by atoms with E-state index in [0.717, 1.165) is 37.8 Å². The van der Waals surface area contributed by atoms with Gasteiger partial charge in [0.25, 0.3) is 0 Å². The molecule has 0 spiro atoms. The molecule has 3 heteroatoms. The van der Waals surface area contributed by atoms with E-state index in [9.17, 15) is 4.79 Å². The van der Waals surface area contributed by atoms with Gasteiger partial charge in [-0.25, -0.2) is 4.79 Å². The number of rotatable bonds is 8. The lowest BCUT2D eigenvalue weighted by atomic mass is 10.2. The lowest BCUT2D eigenvalue weighted by molar-refractivity contribution is 0.104. The Bertz CT molecular complexity index is 376. The molecule has 0 radical (unpaired) electrons. The molecule has 0 aliphatic rings. The van der Waals surface area contributed by atoms with Gasteiger partial charge in [0.2, 0.25) is 0 Å². The van der Waals surface area contributed by atoms with E-state index in [-0.39, 0.29) is 6.09 Å². The molecule has 0 saturated heterocycles. The highest BCUT2D eigenvalue weighted by Crippen LogP contribution is 2.05. The van der Waals surface area contributed by atoms with Crippen molar-refractivity contribution in [2.75, 3.05) is 13.6 Å². The van der Waals surface area contributed by atoms with Gasteiger partial charge in [0, 0.05) is 13.6 Å². The normalized spacial score (nSPS) is 9.95. The molecule has 0 heterocycles. The molecule has 0 bridgehead atoms. The van der Waals surface area contributed by atoms with Crippen molar-refractivity contribution in [1.82, 2.24) is 4.90 Å². The Balaban J connectivity index is 2.16. The summed E-state index contributed by atoms with van der Waals surface area (Å²) in [5.41, 5.74) is 1.01. The van der Waals surface area contributed by atoms with Gasteiger partial charge in [0.1, 0.15) is 6.61 Å². The maximum Gasteiger partial charge on any atom is 0.409 e. The third-order valence-corrected chi connectivity index (χ3v) is 2.92. The predicted molar refractivity (Wildman–Crippen MR) is 77.9 cm³/mol. The van der Waals surface area contributed by atoms with Crippen molar-refractivity contribution in [2.45, 2.75) is 32.3 Å². The first-order chi connectivity index (χ1) is 9.24. The second-order valence-corrected chi connectivity index (χ2v) is 4.60. The fourth-order valence-corrected chi connectivity index (χ4v) is 1.74. The van der Waals surface area contributed by atoms with E-state index in [1.807, 2.05) is 36.4 Å². The van der Waals surface area contributed by atoms with E-state index in [0.29, 0.717) is 6.61 Å². The standard InChI is InChI=1S/C16H23NO2/c1-3-4-5-6-10-13-17(2)16(18)19-14-15-11-8-7-9-12-15/h3,7-9,11-12H,1,4-6,10,13-14H2,2H3. The number of carbonyl (C=O) groups excluding carboxylic acids is 1. The van der Waals surface area contributed by atoms with Crippen LogP contribution in [0, 0.1) is 0 Å². The van der Waals surface area contributed by atoms with Gasteiger partial charge in [0.15, 0.2) is 0 Å². The first-order valence-corrected chi connectivity index (χ1v) is 6.76. The van der Waals surface area contributed by atoms with Crippen molar-refractivity contribution in [1.29, 1.82) is 0 Å². The molecule has 0 atom stereocenters. The number of benzene rings is 1. The number of carbonyl (C=O) groups is 1. The monoisotopic (exact) mass is 261 g/mol. The highest BCUT2D eigenvalue weighted by molar-refractivity contribution is 5.67. The third-order valence-electron chi connectivity index (χ3n) is 2.92. The van der Waals surface area contributed by atoms with Crippen LogP contribution in [-0.2, 0) is 11.3 Å². The lowest BCUT2D eigenvalue weighted by Crippen LogP contribution is -2.28. The molecule has 0 aromatic heterocycles. The zero-order valence-electron chi connectivity index (χ0n) is 11.7. The minimum absolute atomic E-state index is 0.257. The van der Waals surface area contributed by atoms with E-state index in [4.69, 9.17) is 4.74 Å². The van der Waals surface area contributed by atoms with E-state index in [2.05, 4.69) is 6.58 Å². The first kappa shape index (κ1) is 15.3. The van der Waals surface area contributed by atoms with Gasteiger partial charge >= 0.3 is 6.09 Å². The number of amides is 1. The Hall–Kier alpha value is -1.77. The second-order valence-electron chi connectivity index (χ2n) is 4.60. The van der Waals surface area contributed by atoms with Crippen LogP contribution in [0.2, 0.25) is 0 Å². The molecule has 19 heavy (non-hydrogen) atoms. The first-order valence-electron chi connectivity index (χ1n) is 6.76. The Kier molecular flexibility index (Phi) is 7.40. The number of allylic oxidation sites excluding steroid dienone is 1. The summed E-state index contributed by atoms with van der Waals surface area (Å²) in [6, 6.07) is 9.71. The average molecular weight is 261 g/mol. The molecular weight excluding hydrogens is 238 g/mol. The second kappa shape index (κ2) is 9.20. The Labute approximate surface area is 115 Å². The molecule has 1 aromatic rings. The molecule has 0 aliphatic heterocycles. The molecule has 104 valence electrons. The van der Waals surface area contributed by atoms with Crippen molar-refractivity contribution in [3.05, 3.63) is 48.6 Å². The summed E-state index contributed by atoms with van der Waals surface area (Å²) in [6.45, 7) is 4.76. The van der Waals surface area contributed by atoms with E-state index in [1.54, 1.807) is 11.9 Å². The molecule has 1 rings (SSSR count). The summed E-state index contributed by atoms with van der Waals surface area (Å²) < 4.78 is 5.24. The fraction of sp³-hybridized carbons (Fsp3) is 0.438. The Morgan fingerprint density at radius 3 is 2.68 bits per heavy atom. The zero-order valence-corrected chi connectivity index (χ0v) is 11.7. The van der Waals surface area contributed by atoms with Gasteiger partial charge in [-0.15, -0.1) is 6.58 Å². The van der Waals surface area contributed by atoms with Gasteiger partial charge in [-0.3, -0.25) is 0 Å². The number of hydrogen-bond acceptors (Lipinski definition) is 2. The maximum absolute atomic E-state index is 11.7. The average Bonchev–Trinajstić information content (AvgIpc) is 2.45. The van der Waals surface area contributed by atoms with Crippen LogP contribution in [-0.4, -0.2) is 24.6 Å². The highest BCUT2D eigenvalue weighted by Gasteiger charge is 2.09. The van der Waals surface area contributed by atoms with Crippen LogP contribution in [0.1, 0.15) is 31.2 Å². The van der Waals surface area contributed by atoms with E-state index < -0.39 is 0 Å². The minimum Gasteiger partial charge on any atom is -0.445 e. The molecule has 3 nitrogen and oxygen atoms in total. The van der Waals surface area contributed by atoms with Crippen LogP contribution in [0.4, 0.5) is 4.79 Å². The topological polar surface area (TPSA) is 29.5 Å². The Morgan fingerprint density at radius 2 is 2.00 bits per heavy atom. The van der Waals surface area contributed by atoms with Crippen molar-refractivity contribution in [3.63, 3.8) is 0 Å². The van der Waals surface area contributed by atoms with Crippen LogP contribution in [0.15, 0.2) is 43.0 Å². The highest BCUT2D eigenvalue weighted by atomic mass is 16.6. The van der Waals surface area contributed by atoms with Gasteiger partial charge in [0.05, 0.1) is 0 Å². The third kappa shape index (κ3) is 6.65. The van der Waals surface area contributed by atoms with Gasteiger partial charge in [-0.05, 0) is 24.8 Å². The molecule has 0 N–H and O–H groups in total. The van der Waals surface area contributed by atoms with Crippen molar-refractivity contribution < 1.29 is 9.53 Å². The van der Waals surface area contributed by atoms with Crippen LogP contribution >= 0.6 is 0 Å². The Morgan fingerprint density at radius 1 is 1.26 bits per heavy atom. The lowest BCUT2D eigenvalue weighted by Gasteiger charge is -2.16. The van der Waals surface area contributed by atoms with E-state index in [1.165, 1.54) is 0 Å².